The van der Waals surface area contributed by atoms with Crippen molar-refractivity contribution in [3.05, 3.63) is 47.0 Å². The molecule has 8 nitrogen and oxygen atoms in total. The fourth-order valence-electron chi connectivity index (χ4n) is 8.06. The van der Waals surface area contributed by atoms with Gasteiger partial charge in [-0.15, -0.1) is 0 Å². The van der Waals surface area contributed by atoms with E-state index in [1.165, 1.54) is 12.5 Å². The summed E-state index contributed by atoms with van der Waals surface area (Å²) in [6.07, 6.45) is 5.88. The number of ether oxygens (including phenoxy) is 1. The van der Waals surface area contributed by atoms with Crippen molar-refractivity contribution in [1.29, 1.82) is 0 Å². The highest BCUT2D eigenvalue weighted by molar-refractivity contribution is 6.07. The molecule has 1 aliphatic carbocycles. The van der Waals surface area contributed by atoms with Gasteiger partial charge in [-0.1, -0.05) is 0 Å². The molecular formula is C32H44FN5O3. The number of halogens is 1. The van der Waals surface area contributed by atoms with Gasteiger partial charge in [0.25, 0.3) is 5.91 Å². The van der Waals surface area contributed by atoms with Crippen LogP contribution in [-0.4, -0.2) is 76.5 Å². The molecule has 222 valence electrons. The van der Waals surface area contributed by atoms with Crippen LogP contribution in [0.3, 0.4) is 0 Å². The Morgan fingerprint density at radius 1 is 1.12 bits per heavy atom. The maximum Gasteiger partial charge on any atom is 0.410 e. The highest BCUT2D eigenvalue weighted by atomic mass is 19.1. The van der Waals surface area contributed by atoms with E-state index in [1.807, 2.05) is 55.2 Å². The van der Waals surface area contributed by atoms with Gasteiger partial charge in [0.1, 0.15) is 11.5 Å². The quantitative estimate of drug-likeness (QED) is 0.493. The molecule has 3 unspecified atom stereocenters. The van der Waals surface area contributed by atoms with E-state index < -0.39 is 0 Å². The van der Waals surface area contributed by atoms with Gasteiger partial charge in [-0.05, 0) is 122 Å². The Morgan fingerprint density at radius 3 is 2.59 bits per heavy atom. The summed E-state index contributed by atoms with van der Waals surface area (Å²) < 4.78 is 21.8. The Morgan fingerprint density at radius 2 is 1.88 bits per heavy atom. The molecule has 4 heterocycles. The largest absolute Gasteiger partial charge is 0.450 e. The zero-order valence-corrected chi connectivity index (χ0v) is 25.2. The zero-order valence-electron chi connectivity index (χ0n) is 25.2. The van der Waals surface area contributed by atoms with Crippen LogP contribution in [0.4, 0.5) is 14.9 Å². The molecule has 2 aromatic rings. The molecule has 2 amide bonds. The molecule has 3 fully saturated rings. The summed E-state index contributed by atoms with van der Waals surface area (Å²) in [7, 11) is 0. The fraction of sp³-hybridized carbons (Fsp3) is 0.656. The number of fused-ring (bicyclic) bond motifs is 3. The molecule has 1 aromatic carbocycles. The first kappa shape index (κ1) is 28.2. The monoisotopic (exact) mass is 565 g/mol. The van der Waals surface area contributed by atoms with Crippen molar-refractivity contribution in [3.8, 4) is 0 Å². The van der Waals surface area contributed by atoms with Gasteiger partial charge >= 0.3 is 6.09 Å². The number of likely N-dealkylation sites (tertiary alicyclic amines) is 2. The molecule has 4 aliphatic rings. The smallest absolute Gasteiger partial charge is 0.410 e. The third kappa shape index (κ3) is 4.94. The number of rotatable bonds is 3. The van der Waals surface area contributed by atoms with Crippen LogP contribution in [0, 0.1) is 18.7 Å². The minimum Gasteiger partial charge on any atom is -0.450 e. The third-order valence-corrected chi connectivity index (χ3v) is 9.99. The molecule has 3 aliphatic heterocycles. The van der Waals surface area contributed by atoms with Crippen LogP contribution in [0.5, 0.6) is 0 Å². The highest BCUT2D eigenvalue weighted by Gasteiger charge is 2.50. The SMILES string of the molecule is CCOC(=O)N1CCCC2CC(N3CCC4(CC3)CN(C(=O)c3cc(C)nn3C(C)(C)C)c3ccc(F)cc34)CC21. The van der Waals surface area contributed by atoms with Gasteiger partial charge < -0.3 is 19.4 Å². The number of piperidine rings is 2. The van der Waals surface area contributed by atoms with Crippen molar-refractivity contribution in [1.82, 2.24) is 19.6 Å². The molecule has 9 heteroatoms. The molecule has 0 bridgehead atoms. The summed E-state index contributed by atoms with van der Waals surface area (Å²) in [6.45, 7) is 13.5. The molecule has 41 heavy (non-hydrogen) atoms. The van der Waals surface area contributed by atoms with Crippen molar-refractivity contribution >= 4 is 17.7 Å². The van der Waals surface area contributed by atoms with E-state index in [2.05, 4.69) is 10.00 Å². The molecule has 2 saturated heterocycles. The number of carbonyl (C=O) groups is 2. The molecule has 3 atom stereocenters. The zero-order chi connectivity index (χ0) is 29.1. The Hall–Kier alpha value is -2.94. The van der Waals surface area contributed by atoms with E-state index in [1.54, 1.807) is 12.1 Å². The van der Waals surface area contributed by atoms with E-state index in [0.29, 0.717) is 30.8 Å². The molecule has 1 spiro atoms. The Balaban J connectivity index is 1.21. The molecular weight excluding hydrogens is 521 g/mol. The van der Waals surface area contributed by atoms with Gasteiger partial charge in [0, 0.05) is 36.3 Å². The summed E-state index contributed by atoms with van der Waals surface area (Å²) in [5.74, 6) is 0.195. The number of aryl methyl sites for hydroxylation is 1. The summed E-state index contributed by atoms with van der Waals surface area (Å²) in [5, 5.41) is 4.63. The van der Waals surface area contributed by atoms with Crippen LogP contribution < -0.4 is 4.90 Å². The summed E-state index contributed by atoms with van der Waals surface area (Å²) >= 11 is 0. The Kier molecular flexibility index (Phi) is 7.15. The minimum absolute atomic E-state index is 0.0772. The van der Waals surface area contributed by atoms with E-state index in [0.717, 1.165) is 68.7 Å². The van der Waals surface area contributed by atoms with E-state index in [9.17, 15) is 14.0 Å². The lowest BCUT2D eigenvalue weighted by molar-refractivity contribution is 0.0633. The topological polar surface area (TPSA) is 70.9 Å². The lowest BCUT2D eigenvalue weighted by Gasteiger charge is -2.42. The summed E-state index contributed by atoms with van der Waals surface area (Å²) in [5.41, 5.74) is 2.55. The Labute approximate surface area is 242 Å². The highest BCUT2D eigenvalue weighted by Crippen LogP contribution is 2.49. The van der Waals surface area contributed by atoms with Crippen molar-refractivity contribution in [3.63, 3.8) is 0 Å². The third-order valence-electron chi connectivity index (χ3n) is 9.99. The van der Waals surface area contributed by atoms with Gasteiger partial charge in [-0.2, -0.15) is 5.10 Å². The number of carbonyl (C=O) groups excluding carboxylic acids is 2. The van der Waals surface area contributed by atoms with E-state index in [-0.39, 0.29) is 34.8 Å². The lowest BCUT2D eigenvalue weighted by atomic mass is 9.74. The molecule has 1 aromatic heterocycles. The molecule has 0 N–H and O–H groups in total. The van der Waals surface area contributed by atoms with Crippen LogP contribution in [0.1, 0.15) is 88.0 Å². The first-order chi connectivity index (χ1) is 19.5. The number of hydrogen-bond acceptors (Lipinski definition) is 5. The predicted octanol–water partition coefficient (Wildman–Crippen LogP) is 5.48. The summed E-state index contributed by atoms with van der Waals surface area (Å²) in [6, 6.07) is 7.46. The van der Waals surface area contributed by atoms with Crippen LogP contribution >= 0.6 is 0 Å². The second-order valence-corrected chi connectivity index (χ2v) is 13.6. The summed E-state index contributed by atoms with van der Waals surface area (Å²) in [4.78, 5) is 33.1. The van der Waals surface area contributed by atoms with Crippen molar-refractivity contribution in [2.45, 2.75) is 96.2 Å². The molecule has 1 saturated carbocycles. The van der Waals surface area contributed by atoms with Crippen molar-refractivity contribution in [2.24, 2.45) is 5.92 Å². The number of benzene rings is 1. The maximum absolute atomic E-state index is 14.7. The predicted molar refractivity (Wildman–Crippen MR) is 156 cm³/mol. The van der Waals surface area contributed by atoms with Crippen molar-refractivity contribution < 1.29 is 18.7 Å². The normalized spacial score (nSPS) is 25.9. The fourth-order valence-corrected chi connectivity index (χ4v) is 8.06. The average Bonchev–Trinajstić information content (AvgIpc) is 3.63. The maximum atomic E-state index is 14.7. The standard InChI is InChI=1S/C32H44FN5O3/c1-6-41-30(40)36-13-7-8-22-17-24(19-27(22)36)35-14-11-32(12-15-35)20-37(26-10-9-23(33)18-25(26)32)29(39)28-16-21(2)34-38(28)31(3,4)5/h9-10,16,18,22,24,27H,6-8,11-15,17,19-20H2,1-5H3. The number of nitrogens with zero attached hydrogens (tertiary/aromatic N) is 5. The Bertz CT molecular complexity index is 1330. The van der Waals surface area contributed by atoms with Crippen LogP contribution in [-0.2, 0) is 15.7 Å². The van der Waals surface area contributed by atoms with Gasteiger partial charge in [0.15, 0.2) is 0 Å². The van der Waals surface area contributed by atoms with Crippen LogP contribution in [0.25, 0.3) is 0 Å². The molecule has 6 rings (SSSR count). The minimum atomic E-state index is -0.338. The molecule has 0 radical (unpaired) electrons. The second-order valence-electron chi connectivity index (χ2n) is 13.6. The number of anilines is 1. The average molecular weight is 566 g/mol. The number of aromatic nitrogens is 2. The number of amides is 2. The second kappa shape index (κ2) is 10.4. The van der Waals surface area contributed by atoms with Gasteiger partial charge in [-0.3, -0.25) is 9.48 Å². The first-order valence-electron chi connectivity index (χ1n) is 15.4. The van der Waals surface area contributed by atoms with Crippen molar-refractivity contribution in [2.75, 3.05) is 37.7 Å². The lowest BCUT2D eigenvalue weighted by Crippen LogP contribution is -2.49. The van der Waals surface area contributed by atoms with Gasteiger partial charge in [0.2, 0.25) is 0 Å². The van der Waals surface area contributed by atoms with Gasteiger partial charge in [0.05, 0.1) is 17.8 Å². The van der Waals surface area contributed by atoms with Crippen LogP contribution in [0.2, 0.25) is 0 Å². The number of hydrogen-bond donors (Lipinski definition) is 0. The van der Waals surface area contributed by atoms with E-state index >= 15 is 0 Å². The van der Waals surface area contributed by atoms with E-state index in [4.69, 9.17) is 4.74 Å². The van der Waals surface area contributed by atoms with Gasteiger partial charge in [-0.25, -0.2) is 9.18 Å². The first-order valence-corrected chi connectivity index (χ1v) is 15.4. The van der Waals surface area contributed by atoms with Crippen LogP contribution in [0.15, 0.2) is 24.3 Å².